The van der Waals surface area contributed by atoms with E-state index >= 15 is 0 Å². The minimum atomic E-state index is -0.125. The number of hydrazine groups is 1. The first-order valence-electron chi connectivity index (χ1n) is 8.69. The maximum absolute atomic E-state index is 12.6. The van der Waals surface area contributed by atoms with Crippen LogP contribution in [0.5, 0.6) is 0 Å². The van der Waals surface area contributed by atoms with Gasteiger partial charge < -0.3 is 4.90 Å². The standard InChI is InChI=1S/C18H22N4O2S2/c1-20-9-11-21(12-10-20)19-16(23)7-8-22-17(24)15(26-18(22)25)13-14-5-3-2-4-6-14/h2-6,13H,7-12H2,1H3,(H,19,23)/p+1/b15-13-. The second kappa shape index (κ2) is 8.77. The third-order valence-corrected chi connectivity index (χ3v) is 5.81. The Kier molecular flexibility index (Phi) is 6.42. The van der Waals surface area contributed by atoms with Crippen molar-refractivity contribution in [2.24, 2.45) is 0 Å². The molecule has 8 heteroatoms. The second-order valence-electron chi connectivity index (χ2n) is 6.47. The zero-order valence-corrected chi connectivity index (χ0v) is 16.4. The molecule has 2 aliphatic heterocycles. The van der Waals surface area contributed by atoms with E-state index in [1.165, 1.54) is 21.6 Å². The monoisotopic (exact) mass is 391 g/mol. The molecule has 0 radical (unpaired) electrons. The topological polar surface area (TPSA) is 57.1 Å². The summed E-state index contributed by atoms with van der Waals surface area (Å²) < 4.78 is 0.508. The number of nitrogens with one attached hydrogen (secondary N) is 2. The average molecular weight is 392 g/mol. The van der Waals surface area contributed by atoms with Crippen LogP contribution in [0.3, 0.4) is 0 Å². The summed E-state index contributed by atoms with van der Waals surface area (Å²) in [6.45, 7) is 4.02. The summed E-state index contributed by atoms with van der Waals surface area (Å²) in [7, 11) is 2.15. The minimum Gasteiger partial charge on any atom is -0.335 e. The zero-order valence-electron chi connectivity index (χ0n) is 14.7. The maximum Gasteiger partial charge on any atom is 0.266 e. The van der Waals surface area contributed by atoms with Crippen LogP contribution in [0.2, 0.25) is 0 Å². The lowest BCUT2D eigenvalue weighted by atomic mass is 10.2. The third kappa shape index (κ3) is 4.91. The van der Waals surface area contributed by atoms with Gasteiger partial charge in [0.05, 0.1) is 38.1 Å². The highest BCUT2D eigenvalue weighted by Crippen LogP contribution is 2.32. The molecule has 0 bridgehead atoms. The van der Waals surface area contributed by atoms with E-state index in [9.17, 15) is 9.59 Å². The number of thioether (sulfide) groups is 1. The SMILES string of the molecule is C[NH+]1CCN(NC(=O)CCN2C(=O)/C(=C/c3ccccc3)SC2=S)CC1. The molecule has 3 rings (SSSR count). The number of likely N-dealkylation sites (N-methyl/N-ethyl adjacent to an activating group) is 1. The fraction of sp³-hybridized carbons (Fsp3) is 0.389. The highest BCUT2D eigenvalue weighted by Gasteiger charge is 2.32. The molecular weight excluding hydrogens is 368 g/mol. The molecule has 0 unspecified atom stereocenters. The van der Waals surface area contributed by atoms with Crippen molar-refractivity contribution >= 4 is 46.2 Å². The molecule has 2 aliphatic rings. The Bertz CT molecular complexity index is 715. The zero-order chi connectivity index (χ0) is 18.5. The Morgan fingerprint density at radius 1 is 1.31 bits per heavy atom. The number of hydrogen-bond acceptors (Lipinski definition) is 5. The van der Waals surface area contributed by atoms with Crippen LogP contribution in [0.4, 0.5) is 0 Å². The van der Waals surface area contributed by atoms with Gasteiger partial charge in [0.25, 0.3) is 5.91 Å². The second-order valence-corrected chi connectivity index (χ2v) is 8.15. The third-order valence-electron chi connectivity index (χ3n) is 4.43. The number of thiocarbonyl (C=S) groups is 1. The van der Waals surface area contributed by atoms with Crippen molar-refractivity contribution in [3.05, 3.63) is 40.8 Å². The highest BCUT2D eigenvalue weighted by molar-refractivity contribution is 8.26. The lowest BCUT2D eigenvalue weighted by Gasteiger charge is -2.30. The number of piperazine rings is 1. The van der Waals surface area contributed by atoms with Gasteiger partial charge in [0.15, 0.2) is 0 Å². The predicted octanol–water partition coefficient (Wildman–Crippen LogP) is 0.139. The molecule has 6 nitrogen and oxygen atoms in total. The van der Waals surface area contributed by atoms with E-state index in [-0.39, 0.29) is 18.2 Å². The summed E-state index contributed by atoms with van der Waals surface area (Å²) in [6.07, 6.45) is 2.08. The van der Waals surface area contributed by atoms with E-state index in [2.05, 4.69) is 12.5 Å². The van der Waals surface area contributed by atoms with Gasteiger partial charge in [-0.2, -0.15) is 0 Å². The van der Waals surface area contributed by atoms with Gasteiger partial charge in [0.1, 0.15) is 4.32 Å². The fourth-order valence-corrected chi connectivity index (χ4v) is 4.15. The molecular formula is C18H23N4O2S2+. The van der Waals surface area contributed by atoms with E-state index in [4.69, 9.17) is 12.2 Å². The molecule has 1 aromatic rings. The van der Waals surface area contributed by atoms with Crippen LogP contribution in [0.15, 0.2) is 35.2 Å². The molecule has 2 saturated heterocycles. The van der Waals surface area contributed by atoms with Gasteiger partial charge in [-0.3, -0.25) is 19.9 Å². The Morgan fingerprint density at radius 3 is 2.69 bits per heavy atom. The molecule has 138 valence electrons. The minimum absolute atomic E-state index is 0.0781. The summed E-state index contributed by atoms with van der Waals surface area (Å²) in [6, 6.07) is 9.67. The summed E-state index contributed by atoms with van der Waals surface area (Å²) in [5.74, 6) is -0.203. The summed E-state index contributed by atoms with van der Waals surface area (Å²) in [5, 5.41) is 1.95. The molecule has 2 heterocycles. The van der Waals surface area contributed by atoms with Gasteiger partial charge in [-0.25, -0.2) is 5.01 Å². The lowest BCUT2D eigenvalue weighted by molar-refractivity contribution is -0.884. The van der Waals surface area contributed by atoms with Crippen molar-refractivity contribution in [3.8, 4) is 0 Å². The van der Waals surface area contributed by atoms with Crippen LogP contribution in [-0.4, -0.2) is 65.8 Å². The van der Waals surface area contributed by atoms with Crippen molar-refractivity contribution in [2.45, 2.75) is 6.42 Å². The first-order valence-corrected chi connectivity index (χ1v) is 9.91. The van der Waals surface area contributed by atoms with E-state index in [0.717, 1.165) is 31.7 Å². The number of nitrogens with zero attached hydrogens (tertiary/aromatic N) is 2. The Balaban J connectivity index is 1.52. The van der Waals surface area contributed by atoms with Gasteiger partial charge in [-0.05, 0) is 11.6 Å². The van der Waals surface area contributed by atoms with Crippen LogP contribution in [0, 0.1) is 0 Å². The lowest BCUT2D eigenvalue weighted by Crippen LogP contribution is -3.12. The number of hydrogen-bond donors (Lipinski definition) is 2. The summed E-state index contributed by atoms with van der Waals surface area (Å²) in [4.78, 5) is 28.3. The number of amides is 2. The normalized spacial score (nSPS) is 20.8. The van der Waals surface area contributed by atoms with Gasteiger partial charge in [0.2, 0.25) is 5.91 Å². The molecule has 0 atom stereocenters. The van der Waals surface area contributed by atoms with E-state index in [1.807, 2.05) is 41.4 Å². The van der Waals surface area contributed by atoms with Crippen molar-refractivity contribution in [1.82, 2.24) is 15.3 Å². The summed E-state index contributed by atoms with van der Waals surface area (Å²) in [5.41, 5.74) is 3.88. The molecule has 0 saturated carbocycles. The van der Waals surface area contributed by atoms with Crippen molar-refractivity contribution < 1.29 is 14.5 Å². The smallest absolute Gasteiger partial charge is 0.266 e. The van der Waals surface area contributed by atoms with Gasteiger partial charge in [-0.1, -0.05) is 54.3 Å². The first-order chi connectivity index (χ1) is 12.5. The van der Waals surface area contributed by atoms with Crippen LogP contribution in [0.1, 0.15) is 12.0 Å². The van der Waals surface area contributed by atoms with Crippen molar-refractivity contribution in [1.29, 1.82) is 0 Å². The van der Waals surface area contributed by atoms with Gasteiger partial charge in [-0.15, -0.1) is 0 Å². The number of benzene rings is 1. The number of carbonyl (C=O) groups is 2. The predicted molar refractivity (Wildman–Crippen MR) is 107 cm³/mol. The van der Waals surface area contributed by atoms with Gasteiger partial charge >= 0.3 is 0 Å². The van der Waals surface area contributed by atoms with Gasteiger partial charge in [0, 0.05) is 13.0 Å². The Labute approximate surface area is 163 Å². The largest absolute Gasteiger partial charge is 0.335 e. The molecule has 26 heavy (non-hydrogen) atoms. The maximum atomic E-state index is 12.6. The number of carbonyl (C=O) groups excluding carboxylic acids is 2. The van der Waals surface area contributed by atoms with Crippen LogP contribution in [-0.2, 0) is 9.59 Å². The van der Waals surface area contributed by atoms with Crippen molar-refractivity contribution in [3.63, 3.8) is 0 Å². The summed E-state index contributed by atoms with van der Waals surface area (Å²) >= 11 is 6.61. The Hall–Kier alpha value is -1.74. The van der Waals surface area contributed by atoms with Crippen LogP contribution >= 0.6 is 24.0 Å². The molecule has 2 amide bonds. The first kappa shape index (κ1) is 19.0. The quantitative estimate of drug-likeness (QED) is 0.552. The highest BCUT2D eigenvalue weighted by atomic mass is 32.2. The molecule has 1 aromatic carbocycles. The molecule has 2 fully saturated rings. The van der Waals surface area contributed by atoms with E-state index < -0.39 is 0 Å². The molecule has 0 aliphatic carbocycles. The van der Waals surface area contributed by atoms with Crippen LogP contribution < -0.4 is 10.3 Å². The average Bonchev–Trinajstić information content (AvgIpc) is 2.89. The molecule has 0 spiro atoms. The van der Waals surface area contributed by atoms with E-state index in [0.29, 0.717) is 15.8 Å². The molecule has 2 N–H and O–H groups in total. The number of rotatable bonds is 5. The van der Waals surface area contributed by atoms with Crippen LogP contribution in [0.25, 0.3) is 6.08 Å². The number of quaternary nitrogens is 1. The van der Waals surface area contributed by atoms with Crippen molar-refractivity contribution in [2.75, 3.05) is 39.8 Å². The fourth-order valence-electron chi connectivity index (χ4n) is 2.84. The van der Waals surface area contributed by atoms with E-state index in [1.54, 1.807) is 0 Å². The Morgan fingerprint density at radius 2 is 2.00 bits per heavy atom. The molecule has 0 aromatic heterocycles.